The van der Waals surface area contributed by atoms with E-state index in [4.69, 9.17) is 16.7 Å². The van der Waals surface area contributed by atoms with Crippen LogP contribution < -0.4 is 20.4 Å². The van der Waals surface area contributed by atoms with Gasteiger partial charge in [-0.2, -0.15) is 11.8 Å². The highest BCUT2D eigenvalue weighted by Gasteiger charge is 2.36. The van der Waals surface area contributed by atoms with Crippen LogP contribution in [0.1, 0.15) is 25.8 Å². The average Bonchev–Trinajstić information content (AvgIpc) is 3.45. The molecule has 2 N–H and O–H groups in total. The Bertz CT molecular complexity index is 1060. The minimum atomic E-state index is -1.59. The number of carboxylic acid groups (broad SMARTS) is 1. The number of ether oxygens (including phenoxy) is 1. The molecule has 7 nitrogen and oxygen atoms in total. The van der Waals surface area contributed by atoms with Gasteiger partial charge in [-0.1, -0.05) is 18.5 Å². The number of benzene rings is 1. The number of fused-ring (bicyclic) bond motifs is 1. The van der Waals surface area contributed by atoms with Gasteiger partial charge in [-0.3, -0.25) is 4.79 Å². The molecule has 0 spiro atoms. The third-order valence-corrected chi connectivity index (χ3v) is 7.08. The highest BCUT2D eigenvalue weighted by molar-refractivity contribution is 7.99. The number of thioether (sulfide) groups is 1. The van der Waals surface area contributed by atoms with Gasteiger partial charge in [0.2, 0.25) is 5.43 Å². The fourth-order valence-corrected chi connectivity index (χ4v) is 5.41. The molecule has 0 unspecified atom stereocenters. The Hall–Kier alpha value is -1.97. The molecule has 1 aliphatic carbocycles. The second-order valence-electron chi connectivity index (χ2n) is 7.59. The first-order valence-electron chi connectivity index (χ1n) is 9.84. The number of nitrogens with one attached hydrogen (secondary N) is 1. The van der Waals surface area contributed by atoms with E-state index in [1.54, 1.807) is 16.3 Å². The summed E-state index contributed by atoms with van der Waals surface area (Å²) in [6.45, 7) is 4.09. The Kier molecular flexibility index (Phi) is 5.87. The fraction of sp³-hybridized carbons (Fsp3) is 0.500. The lowest BCUT2D eigenvalue weighted by Crippen LogP contribution is -2.37. The highest BCUT2D eigenvalue weighted by atomic mass is 35.5. The van der Waals surface area contributed by atoms with E-state index in [9.17, 15) is 9.59 Å². The molecule has 2 fully saturated rings. The summed E-state index contributed by atoms with van der Waals surface area (Å²) in [6, 6.07) is 1.43. The van der Waals surface area contributed by atoms with Crippen LogP contribution >= 0.6 is 23.4 Å². The van der Waals surface area contributed by atoms with E-state index in [-0.39, 0.29) is 39.2 Å². The maximum absolute atomic E-state index is 15.2. The minimum absolute atomic E-state index is 0.0238. The van der Waals surface area contributed by atoms with Crippen molar-refractivity contribution in [3.8, 4) is 5.75 Å². The number of pyridine rings is 1. The van der Waals surface area contributed by atoms with Crippen LogP contribution in [0.15, 0.2) is 17.1 Å². The first kappa shape index (κ1) is 21.3. The number of hydrogen-bond acceptors (Lipinski definition) is 6. The standard InChI is InChI=1S/C20H23ClFN3O4S/c1-3-23-13-7-24(9-15(13)30-2)18-12(22)6-11-17(16(18)21)25(10-4-5-10)8-14(19(11)26)29-20(27)28/h6,8,10,13,15,23H,3-5,7,9H2,1-2H3,(H,27,28)/t13-,15-/m0/s1. The third kappa shape index (κ3) is 3.74. The number of rotatable bonds is 6. The molecule has 1 aliphatic heterocycles. The quantitative estimate of drug-likeness (QED) is 0.642. The van der Waals surface area contributed by atoms with Crippen molar-refractivity contribution in [2.24, 2.45) is 0 Å². The van der Waals surface area contributed by atoms with Crippen LogP contribution in [-0.2, 0) is 0 Å². The molecule has 162 valence electrons. The molecule has 2 atom stereocenters. The smallest absolute Gasteiger partial charge is 0.449 e. The number of nitrogens with zero attached hydrogens (tertiary/aromatic N) is 2. The van der Waals surface area contributed by atoms with Gasteiger partial charge in [-0.25, -0.2) is 9.18 Å². The van der Waals surface area contributed by atoms with E-state index in [0.29, 0.717) is 18.6 Å². The van der Waals surface area contributed by atoms with Gasteiger partial charge in [0.15, 0.2) is 5.75 Å². The van der Waals surface area contributed by atoms with Crippen LogP contribution in [0.2, 0.25) is 5.02 Å². The molecule has 4 rings (SSSR count). The second-order valence-corrected chi connectivity index (χ2v) is 9.04. The lowest BCUT2D eigenvalue weighted by Gasteiger charge is -2.23. The van der Waals surface area contributed by atoms with Crippen molar-refractivity contribution in [2.45, 2.75) is 37.1 Å². The van der Waals surface area contributed by atoms with E-state index >= 15 is 4.39 Å². The molecule has 2 aromatic rings. The number of hydrogen-bond donors (Lipinski definition) is 2. The summed E-state index contributed by atoms with van der Waals surface area (Å²) < 4.78 is 21.6. The van der Waals surface area contributed by atoms with Crippen LogP contribution in [0.4, 0.5) is 14.9 Å². The summed E-state index contributed by atoms with van der Waals surface area (Å²) in [5.41, 5.74) is 0.0146. The van der Waals surface area contributed by atoms with Gasteiger partial charge < -0.3 is 24.6 Å². The molecule has 1 saturated heterocycles. The Morgan fingerprint density at radius 2 is 2.17 bits per heavy atom. The van der Waals surface area contributed by atoms with Crippen molar-refractivity contribution in [1.29, 1.82) is 0 Å². The highest BCUT2D eigenvalue weighted by Crippen LogP contribution is 2.43. The maximum atomic E-state index is 15.2. The number of likely N-dealkylation sites (N-methyl/N-ethyl adjacent to an activating group) is 1. The Morgan fingerprint density at radius 3 is 2.77 bits per heavy atom. The lowest BCUT2D eigenvalue weighted by atomic mass is 10.1. The molecule has 30 heavy (non-hydrogen) atoms. The summed E-state index contributed by atoms with van der Waals surface area (Å²) in [4.78, 5) is 25.7. The first-order chi connectivity index (χ1) is 14.3. The number of anilines is 1. The van der Waals surface area contributed by atoms with Crippen LogP contribution in [0.5, 0.6) is 5.75 Å². The van der Waals surface area contributed by atoms with Crippen LogP contribution in [0, 0.1) is 5.82 Å². The molecule has 1 aromatic carbocycles. The summed E-state index contributed by atoms with van der Waals surface area (Å²) in [5.74, 6) is -0.947. The Labute approximate surface area is 182 Å². The summed E-state index contributed by atoms with van der Waals surface area (Å²) >= 11 is 8.45. The minimum Gasteiger partial charge on any atom is -0.449 e. The first-order valence-corrected chi connectivity index (χ1v) is 11.5. The normalized spacial score (nSPS) is 21.4. The topological polar surface area (TPSA) is 83.8 Å². The lowest BCUT2D eigenvalue weighted by molar-refractivity contribution is 0.143. The molecular weight excluding hydrogens is 433 g/mol. The summed E-state index contributed by atoms with van der Waals surface area (Å²) in [5, 5.41) is 12.9. The SMILES string of the molecule is CCN[C@H]1CN(c2c(F)cc3c(=O)c(OC(=O)O)cn(C4CC4)c3c2Cl)C[C@@H]1SC. The van der Waals surface area contributed by atoms with Crippen molar-refractivity contribution >= 4 is 46.1 Å². The van der Waals surface area contributed by atoms with Crippen LogP contribution in [0.3, 0.4) is 0 Å². The summed E-state index contributed by atoms with van der Waals surface area (Å²) in [6.07, 6.45) is 3.56. The largest absolute Gasteiger partial charge is 0.511 e. The van der Waals surface area contributed by atoms with Gasteiger partial charge in [0.05, 0.1) is 27.8 Å². The van der Waals surface area contributed by atoms with Gasteiger partial charge in [-0.05, 0) is 31.7 Å². The molecule has 1 saturated carbocycles. The van der Waals surface area contributed by atoms with Gasteiger partial charge in [0, 0.05) is 30.4 Å². The number of aromatic nitrogens is 1. The van der Waals surface area contributed by atoms with Gasteiger partial charge in [0.25, 0.3) is 0 Å². The number of carbonyl (C=O) groups is 1. The Balaban J connectivity index is 1.86. The van der Waals surface area contributed by atoms with Gasteiger partial charge >= 0.3 is 6.16 Å². The monoisotopic (exact) mass is 455 g/mol. The van der Waals surface area contributed by atoms with Gasteiger partial charge in [0.1, 0.15) is 5.82 Å². The van der Waals surface area contributed by atoms with Crippen molar-refractivity contribution in [2.75, 3.05) is 30.8 Å². The molecule has 2 heterocycles. The van der Waals surface area contributed by atoms with Crippen LogP contribution in [0.25, 0.3) is 10.9 Å². The van der Waals surface area contributed by atoms with Crippen molar-refractivity contribution in [3.05, 3.63) is 33.3 Å². The van der Waals surface area contributed by atoms with Crippen molar-refractivity contribution in [1.82, 2.24) is 9.88 Å². The van der Waals surface area contributed by atoms with E-state index in [1.165, 1.54) is 6.20 Å². The molecule has 0 amide bonds. The van der Waals surface area contributed by atoms with Gasteiger partial charge in [-0.15, -0.1) is 0 Å². The molecule has 1 aromatic heterocycles. The molecule has 2 aliphatic rings. The van der Waals surface area contributed by atoms with E-state index in [0.717, 1.165) is 25.5 Å². The number of halogens is 2. The zero-order chi connectivity index (χ0) is 21.6. The predicted molar refractivity (Wildman–Crippen MR) is 117 cm³/mol. The van der Waals surface area contributed by atoms with Crippen molar-refractivity contribution < 1.29 is 19.0 Å². The second kappa shape index (κ2) is 8.28. The molecule has 10 heteroatoms. The van der Waals surface area contributed by atoms with Crippen molar-refractivity contribution in [3.63, 3.8) is 0 Å². The Morgan fingerprint density at radius 1 is 1.43 bits per heavy atom. The zero-order valence-electron chi connectivity index (χ0n) is 16.7. The molecule has 0 radical (unpaired) electrons. The maximum Gasteiger partial charge on any atom is 0.511 e. The fourth-order valence-electron chi connectivity index (χ4n) is 4.16. The third-order valence-electron chi connectivity index (χ3n) is 5.64. The van der Waals surface area contributed by atoms with E-state index < -0.39 is 17.4 Å². The summed E-state index contributed by atoms with van der Waals surface area (Å²) in [7, 11) is 0. The zero-order valence-corrected chi connectivity index (χ0v) is 18.2. The van der Waals surface area contributed by atoms with E-state index in [2.05, 4.69) is 10.1 Å². The molecular formula is C20H23ClFN3O4S. The predicted octanol–water partition coefficient (Wildman–Crippen LogP) is 3.72. The van der Waals surface area contributed by atoms with Crippen LogP contribution in [-0.4, -0.2) is 53.0 Å². The molecule has 0 bridgehead atoms. The van der Waals surface area contributed by atoms with E-state index in [1.807, 2.05) is 18.1 Å². The average molecular weight is 456 g/mol.